The molecule has 5 atom stereocenters. The van der Waals surface area contributed by atoms with E-state index in [1.807, 2.05) is 11.7 Å². The third-order valence-corrected chi connectivity index (χ3v) is 8.70. The zero-order valence-electron chi connectivity index (χ0n) is 18.9. The minimum atomic E-state index is -3.49. The van der Waals surface area contributed by atoms with E-state index >= 15 is 0 Å². The van der Waals surface area contributed by atoms with Gasteiger partial charge in [-0.05, 0) is 7.05 Å². The van der Waals surface area contributed by atoms with E-state index in [1.165, 1.54) is 0 Å². The molecule has 10 nitrogen and oxygen atoms in total. The summed E-state index contributed by atoms with van der Waals surface area (Å²) in [7, 11) is 12.1. The zero-order valence-corrected chi connectivity index (χ0v) is 20.7. The van der Waals surface area contributed by atoms with Crippen LogP contribution in [0.4, 0.5) is 0 Å². The Morgan fingerprint density at radius 1 is 1.00 bits per heavy atom. The Morgan fingerprint density at radius 3 is 2.22 bits per heavy atom. The van der Waals surface area contributed by atoms with Crippen LogP contribution in [0, 0.1) is 0 Å². The van der Waals surface area contributed by atoms with E-state index in [1.54, 1.807) is 16.7 Å². The molecule has 3 heterocycles. The van der Waals surface area contributed by atoms with Crippen molar-refractivity contribution in [3.8, 4) is 0 Å². The molecule has 0 aromatic rings. The second-order valence-electron chi connectivity index (χ2n) is 8.42. The standard InChI is InChI=1S/C18H33B2N4O6PS/c1-21-7-14(29-16(19)9-21)12-28-31(26,23-5-3-22(4-6-23)18(25)13-32)24-8-15(11-27-2)30-17(20)10-24/h14-17,32H,3-13H2,1-2H3. The summed E-state index contributed by atoms with van der Waals surface area (Å²) in [5.74, 6) is 0.114. The maximum Gasteiger partial charge on any atom is 0.346 e. The predicted molar refractivity (Wildman–Crippen MR) is 125 cm³/mol. The summed E-state index contributed by atoms with van der Waals surface area (Å²) in [5.41, 5.74) is 0. The summed E-state index contributed by atoms with van der Waals surface area (Å²) in [4.78, 5) is 15.8. The first kappa shape index (κ1) is 26.5. The van der Waals surface area contributed by atoms with Crippen LogP contribution >= 0.6 is 20.3 Å². The third-order valence-electron chi connectivity index (χ3n) is 5.79. The Hall–Kier alpha value is -0.100. The van der Waals surface area contributed by atoms with Crippen molar-refractivity contribution in [1.82, 2.24) is 19.1 Å². The Balaban J connectivity index is 1.74. The number of carbonyl (C=O) groups is 1. The average molecular weight is 486 g/mol. The normalized spacial score (nSPS) is 33.2. The van der Waals surface area contributed by atoms with Crippen molar-refractivity contribution in [2.75, 3.05) is 85.5 Å². The van der Waals surface area contributed by atoms with E-state index in [0.29, 0.717) is 52.4 Å². The van der Waals surface area contributed by atoms with E-state index in [4.69, 9.17) is 34.4 Å². The van der Waals surface area contributed by atoms with Gasteiger partial charge in [-0.2, -0.15) is 12.6 Å². The van der Waals surface area contributed by atoms with Crippen molar-refractivity contribution < 1.29 is 28.1 Å². The average Bonchev–Trinajstić information content (AvgIpc) is 2.76. The van der Waals surface area contributed by atoms with E-state index in [2.05, 4.69) is 17.5 Å². The molecule has 14 heteroatoms. The number of hydrogen-bond acceptors (Lipinski definition) is 8. The third kappa shape index (κ3) is 6.73. The molecule has 0 bridgehead atoms. The molecule has 3 aliphatic heterocycles. The van der Waals surface area contributed by atoms with Crippen LogP contribution in [0.25, 0.3) is 0 Å². The molecular weight excluding hydrogens is 453 g/mol. The van der Waals surface area contributed by atoms with Crippen molar-refractivity contribution in [3.63, 3.8) is 0 Å². The number of amides is 1. The van der Waals surface area contributed by atoms with Crippen molar-refractivity contribution in [3.05, 3.63) is 0 Å². The quantitative estimate of drug-likeness (QED) is 0.260. The summed E-state index contributed by atoms with van der Waals surface area (Å²) in [6, 6.07) is -1.03. The number of carbonyl (C=O) groups excluding carboxylic acids is 1. The Labute approximate surface area is 199 Å². The highest BCUT2D eigenvalue weighted by Gasteiger charge is 2.45. The molecule has 3 fully saturated rings. The maximum atomic E-state index is 14.4. The number of morpholine rings is 2. The highest BCUT2D eigenvalue weighted by molar-refractivity contribution is 7.81. The molecule has 3 rings (SSSR count). The lowest BCUT2D eigenvalue weighted by atomic mass is 9.98. The summed E-state index contributed by atoms with van der Waals surface area (Å²) in [5, 5.41) is 0. The Kier molecular flexibility index (Phi) is 9.97. The van der Waals surface area contributed by atoms with Crippen molar-refractivity contribution >= 4 is 41.9 Å². The minimum Gasteiger partial charge on any atom is -0.382 e. The van der Waals surface area contributed by atoms with Crippen LogP contribution in [0.3, 0.4) is 0 Å². The lowest BCUT2D eigenvalue weighted by Crippen LogP contribution is -2.54. The largest absolute Gasteiger partial charge is 0.382 e. The molecule has 0 aliphatic carbocycles. The van der Waals surface area contributed by atoms with Gasteiger partial charge in [-0.3, -0.25) is 9.36 Å². The monoisotopic (exact) mass is 486 g/mol. The second-order valence-corrected chi connectivity index (χ2v) is 11.1. The van der Waals surface area contributed by atoms with E-state index < -0.39 is 19.7 Å². The van der Waals surface area contributed by atoms with Crippen LogP contribution in [0.15, 0.2) is 0 Å². The number of likely N-dealkylation sites (N-methyl/N-ethyl adjacent to an activating group) is 1. The van der Waals surface area contributed by atoms with Gasteiger partial charge in [0.15, 0.2) is 0 Å². The minimum absolute atomic E-state index is 0.0371. The van der Waals surface area contributed by atoms with Crippen LogP contribution in [-0.2, 0) is 28.1 Å². The molecule has 0 aromatic heterocycles. The van der Waals surface area contributed by atoms with Crippen LogP contribution in [0.1, 0.15) is 0 Å². The van der Waals surface area contributed by atoms with Gasteiger partial charge in [0.25, 0.3) is 0 Å². The zero-order chi connectivity index (χ0) is 23.3. The highest BCUT2D eigenvalue weighted by atomic mass is 32.1. The maximum absolute atomic E-state index is 14.4. The van der Waals surface area contributed by atoms with E-state index in [0.717, 1.165) is 0 Å². The van der Waals surface area contributed by atoms with Crippen LogP contribution in [0.2, 0.25) is 0 Å². The number of methoxy groups -OCH3 is 1. The summed E-state index contributed by atoms with van der Waals surface area (Å²) >= 11 is 4.07. The molecule has 0 spiro atoms. The molecule has 32 heavy (non-hydrogen) atoms. The molecule has 0 saturated carbocycles. The van der Waals surface area contributed by atoms with Gasteiger partial charge in [0, 0.05) is 71.5 Å². The van der Waals surface area contributed by atoms with Crippen molar-refractivity contribution in [2.45, 2.75) is 24.2 Å². The molecule has 5 unspecified atom stereocenters. The summed E-state index contributed by atoms with van der Waals surface area (Å²) in [6.45, 7) is 4.10. The SMILES string of the molecule is [B]C1CN(C)CC(COP(=O)(N2CCN(C(=O)CS)CC2)N2CC([B])OC(COC)C2)O1. The van der Waals surface area contributed by atoms with Gasteiger partial charge in [0.05, 0.1) is 31.2 Å². The molecule has 4 radical (unpaired) electrons. The number of hydrogen-bond donors (Lipinski definition) is 1. The van der Waals surface area contributed by atoms with Crippen LogP contribution < -0.4 is 0 Å². The first-order valence-corrected chi connectivity index (χ1v) is 13.0. The number of thiol groups is 1. The number of nitrogens with zero attached hydrogens (tertiary/aromatic N) is 4. The number of piperazine rings is 1. The molecule has 0 N–H and O–H groups in total. The first-order valence-electron chi connectivity index (χ1n) is 10.9. The molecule has 3 saturated heterocycles. The Morgan fingerprint density at radius 2 is 1.62 bits per heavy atom. The lowest BCUT2D eigenvalue weighted by molar-refractivity contribution is -0.129. The van der Waals surface area contributed by atoms with Gasteiger partial charge in [0.1, 0.15) is 15.7 Å². The van der Waals surface area contributed by atoms with Gasteiger partial charge < -0.3 is 28.5 Å². The summed E-state index contributed by atoms with van der Waals surface area (Å²) < 4.78 is 40.9. The fourth-order valence-corrected chi connectivity index (χ4v) is 6.99. The molecule has 178 valence electrons. The van der Waals surface area contributed by atoms with Crippen LogP contribution in [-0.4, -0.2) is 150 Å². The van der Waals surface area contributed by atoms with E-state index in [-0.39, 0.29) is 37.0 Å². The second kappa shape index (κ2) is 12.0. The number of rotatable bonds is 8. The Bertz CT molecular complexity index is 667. The van der Waals surface area contributed by atoms with E-state index in [9.17, 15) is 9.36 Å². The number of ether oxygens (including phenoxy) is 3. The molecule has 1 amide bonds. The van der Waals surface area contributed by atoms with Crippen molar-refractivity contribution in [2.24, 2.45) is 0 Å². The van der Waals surface area contributed by atoms with Gasteiger partial charge in [0.2, 0.25) is 5.91 Å². The fraction of sp³-hybridized carbons (Fsp3) is 0.944. The molecule has 0 aromatic carbocycles. The molecular formula is C18H33B2N4O6PS. The predicted octanol–water partition coefficient (Wildman–Crippen LogP) is -1.15. The van der Waals surface area contributed by atoms with Gasteiger partial charge >= 0.3 is 7.67 Å². The van der Waals surface area contributed by atoms with Gasteiger partial charge in [-0.1, -0.05) is 0 Å². The highest BCUT2D eigenvalue weighted by Crippen LogP contribution is 2.55. The smallest absolute Gasteiger partial charge is 0.346 e. The molecule has 3 aliphatic rings. The fourth-order valence-electron chi connectivity index (χ4n) is 4.31. The van der Waals surface area contributed by atoms with Gasteiger partial charge in [-0.25, -0.2) is 9.34 Å². The lowest BCUT2D eigenvalue weighted by Gasteiger charge is -2.46. The van der Waals surface area contributed by atoms with Crippen LogP contribution in [0.5, 0.6) is 0 Å². The van der Waals surface area contributed by atoms with Gasteiger partial charge in [-0.15, -0.1) is 0 Å². The topological polar surface area (TPSA) is 84.0 Å². The first-order chi connectivity index (χ1) is 15.2. The van der Waals surface area contributed by atoms with Crippen molar-refractivity contribution in [1.29, 1.82) is 0 Å². The summed E-state index contributed by atoms with van der Waals surface area (Å²) in [6.07, 6.45) is -0.619.